The number of nitrogens with zero attached hydrogens (tertiary/aromatic N) is 1. The monoisotopic (exact) mass is 266 g/mol. The molecule has 2 rings (SSSR count). The van der Waals surface area contributed by atoms with Crippen LogP contribution >= 0.6 is 0 Å². The highest BCUT2D eigenvalue weighted by molar-refractivity contribution is 5.96. The van der Waals surface area contributed by atoms with Crippen LogP contribution in [0.25, 0.3) is 0 Å². The molecule has 0 aromatic heterocycles. The summed E-state index contributed by atoms with van der Waals surface area (Å²) in [6, 6.07) is -0.632. The van der Waals surface area contributed by atoms with E-state index in [4.69, 9.17) is 0 Å². The molecule has 2 amide bonds. The fraction of sp³-hybridized carbons (Fsp3) is 0.867. The van der Waals surface area contributed by atoms with Crippen LogP contribution in [0.5, 0.6) is 0 Å². The molecule has 4 nitrogen and oxygen atoms in total. The molecule has 2 fully saturated rings. The van der Waals surface area contributed by atoms with Crippen LogP contribution in [0, 0.1) is 11.8 Å². The molecule has 0 spiro atoms. The molecule has 1 N–H and O–H groups in total. The quantitative estimate of drug-likeness (QED) is 0.848. The maximum Gasteiger partial charge on any atom is 0.245 e. The Kier molecular flexibility index (Phi) is 4.48. The van der Waals surface area contributed by atoms with Gasteiger partial charge < -0.3 is 10.2 Å². The lowest BCUT2D eigenvalue weighted by Crippen LogP contribution is -2.63. The van der Waals surface area contributed by atoms with Gasteiger partial charge in [0.1, 0.15) is 12.1 Å². The van der Waals surface area contributed by atoms with Crippen molar-refractivity contribution in [3.8, 4) is 0 Å². The Morgan fingerprint density at radius 3 is 2.53 bits per heavy atom. The predicted molar refractivity (Wildman–Crippen MR) is 74.5 cm³/mol. The normalized spacial score (nSPS) is 36.3. The maximum absolute atomic E-state index is 12.3. The molecular weight excluding hydrogens is 240 g/mol. The van der Waals surface area contributed by atoms with E-state index in [1.165, 1.54) is 25.7 Å². The van der Waals surface area contributed by atoms with Crippen LogP contribution in [-0.2, 0) is 9.59 Å². The van der Waals surface area contributed by atoms with Gasteiger partial charge in [0, 0.05) is 6.54 Å². The fourth-order valence-corrected chi connectivity index (χ4v) is 3.46. The number of piperazine rings is 1. The first-order chi connectivity index (χ1) is 9.04. The van der Waals surface area contributed by atoms with Crippen LogP contribution < -0.4 is 5.32 Å². The Hall–Kier alpha value is -1.06. The zero-order valence-corrected chi connectivity index (χ0v) is 12.3. The lowest BCUT2D eigenvalue weighted by atomic mass is 9.79. The average molecular weight is 266 g/mol. The fourth-order valence-electron chi connectivity index (χ4n) is 3.46. The van der Waals surface area contributed by atoms with Crippen molar-refractivity contribution in [1.82, 2.24) is 10.2 Å². The molecule has 0 radical (unpaired) electrons. The first-order valence-corrected chi connectivity index (χ1v) is 7.65. The number of carbonyl (C=O) groups is 2. The van der Waals surface area contributed by atoms with Crippen molar-refractivity contribution >= 4 is 11.8 Å². The third-order valence-electron chi connectivity index (χ3n) is 4.80. The van der Waals surface area contributed by atoms with Crippen LogP contribution in [-0.4, -0.2) is 35.3 Å². The lowest BCUT2D eigenvalue weighted by Gasteiger charge is -2.41. The number of amides is 2. The van der Waals surface area contributed by atoms with E-state index in [9.17, 15) is 9.59 Å². The van der Waals surface area contributed by atoms with Gasteiger partial charge in [0.2, 0.25) is 11.8 Å². The van der Waals surface area contributed by atoms with E-state index in [0.29, 0.717) is 18.3 Å². The van der Waals surface area contributed by atoms with E-state index in [1.54, 1.807) is 6.92 Å². The number of hydrogen-bond acceptors (Lipinski definition) is 2. The molecule has 2 aliphatic rings. The zero-order valence-electron chi connectivity index (χ0n) is 12.3. The van der Waals surface area contributed by atoms with Crippen molar-refractivity contribution < 1.29 is 9.59 Å². The third-order valence-corrected chi connectivity index (χ3v) is 4.80. The van der Waals surface area contributed by atoms with Gasteiger partial charge in [0.05, 0.1) is 0 Å². The summed E-state index contributed by atoms with van der Waals surface area (Å²) < 4.78 is 0. The molecule has 19 heavy (non-hydrogen) atoms. The second-order valence-electron chi connectivity index (χ2n) is 6.17. The van der Waals surface area contributed by atoms with E-state index >= 15 is 0 Å². The number of nitrogens with one attached hydrogen (secondary N) is 1. The Balaban J connectivity index is 2.09. The van der Waals surface area contributed by atoms with Crippen LogP contribution in [0.15, 0.2) is 0 Å². The van der Waals surface area contributed by atoms with E-state index in [-0.39, 0.29) is 23.9 Å². The SMILES string of the molecule is CCC1C(=O)NC(C)C(=O)N1CC1CCCCC1C. The Labute approximate surface area is 115 Å². The Bertz CT molecular complexity index is 356. The van der Waals surface area contributed by atoms with Gasteiger partial charge in [-0.2, -0.15) is 0 Å². The minimum atomic E-state index is -0.366. The Morgan fingerprint density at radius 1 is 1.21 bits per heavy atom. The second-order valence-corrected chi connectivity index (χ2v) is 6.17. The number of hydrogen-bond donors (Lipinski definition) is 1. The van der Waals surface area contributed by atoms with Gasteiger partial charge in [-0.25, -0.2) is 0 Å². The number of carbonyl (C=O) groups excluding carboxylic acids is 2. The van der Waals surface area contributed by atoms with Crippen molar-refractivity contribution in [2.75, 3.05) is 6.54 Å². The standard InChI is InChI=1S/C15H26N2O2/c1-4-13-14(18)16-11(3)15(19)17(13)9-12-8-6-5-7-10(12)2/h10-13H,4-9H2,1-3H3,(H,16,18). The minimum Gasteiger partial charge on any atom is -0.343 e. The smallest absolute Gasteiger partial charge is 0.245 e. The minimum absolute atomic E-state index is 0.0121. The topological polar surface area (TPSA) is 49.4 Å². The first-order valence-electron chi connectivity index (χ1n) is 7.65. The van der Waals surface area contributed by atoms with Crippen LogP contribution in [0.3, 0.4) is 0 Å². The summed E-state index contributed by atoms with van der Waals surface area (Å²) in [4.78, 5) is 26.2. The summed E-state index contributed by atoms with van der Waals surface area (Å²) in [5.74, 6) is 1.33. The first kappa shape index (κ1) is 14.4. The van der Waals surface area contributed by atoms with Crippen molar-refractivity contribution in [1.29, 1.82) is 0 Å². The van der Waals surface area contributed by atoms with Crippen LogP contribution in [0.4, 0.5) is 0 Å². The molecule has 4 atom stereocenters. The highest BCUT2D eigenvalue weighted by atomic mass is 16.2. The van der Waals surface area contributed by atoms with E-state index < -0.39 is 0 Å². The van der Waals surface area contributed by atoms with Crippen LogP contribution in [0.2, 0.25) is 0 Å². The predicted octanol–water partition coefficient (Wildman–Crippen LogP) is 1.94. The molecule has 108 valence electrons. The van der Waals surface area contributed by atoms with Crippen molar-refractivity contribution in [3.63, 3.8) is 0 Å². The maximum atomic E-state index is 12.3. The molecule has 1 heterocycles. The molecule has 0 aromatic rings. The summed E-state index contributed by atoms with van der Waals surface area (Å²) in [5.41, 5.74) is 0. The van der Waals surface area contributed by atoms with Crippen LogP contribution in [0.1, 0.15) is 52.9 Å². The molecule has 4 heteroatoms. The largest absolute Gasteiger partial charge is 0.343 e. The molecular formula is C15H26N2O2. The third kappa shape index (κ3) is 2.93. The molecule has 1 aliphatic heterocycles. The highest BCUT2D eigenvalue weighted by Crippen LogP contribution is 2.31. The summed E-state index contributed by atoms with van der Waals surface area (Å²) in [7, 11) is 0. The van der Waals surface area contributed by atoms with Gasteiger partial charge in [-0.3, -0.25) is 9.59 Å². The van der Waals surface area contributed by atoms with Gasteiger partial charge in [0.15, 0.2) is 0 Å². The second kappa shape index (κ2) is 5.93. The van der Waals surface area contributed by atoms with Crippen molar-refractivity contribution in [2.24, 2.45) is 11.8 Å². The highest BCUT2D eigenvalue weighted by Gasteiger charge is 2.39. The van der Waals surface area contributed by atoms with Gasteiger partial charge in [-0.05, 0) is 31.6 Å². The molecule has 1 saturated heterocycles. The zero-order chi connectivity index (χ0) is 14.0. The molecule has 4 unspecified atom stereocenters. The van der Waals surface area contributed by atoms with Crippen molar-refractivity contribution in [3.05, 3.63) is 0 Å². The van der Waals surface area contributed by atoms with Gasteiger partial charge in [0.25, 0.3) is 0 Å². The summed E-state index contributed by atoms with van der Waals surface area (Å²) >= 11 is 0. The van der Waals surface area contributed by atoms with E-state index in [0.717, 1.165) is 6.54 Å². The molecule has 0 bridgehead atoms. The number of rotatable bonds is 3. The molecule has 1 aliphatic carbocycles. The van der Waals surface area contributed by atoms with E-state index in [2.05, 4.69) is 12.2 Å². The lowest BCUT2D eigenvalue weighted by molar-refractivity contribution is -0.150. The van der Waals surface area contributed by atoms with E-state index in [1.807, 2.05) is 11.8 Å². The van der Waals surface area contributed by atoms with Gasteiger partial charge in [-0.15, -0.1) is 0 Å². The summed E-state index contributed by atoms with van der Waals surface area (Å²) in [6.45, 7) is 6.80. The summed E-state index contributed by atoms with van der Waals surface area (Å²) in [6.07, 6.45) is 5.71. The van der Waals surface area contributed by atoms with Crippen molar-refractivity contribution in [2.45, 2.75) is 65.0 Å². The molecule has 1 saturated carbocycles. The molecule has 0 aromatic carbocycles. The average Bonchev–Trinajstić information content (AvgIpc) is 2.38. The Morgan fingerprint density at radius 2 is 1.89 bits per heavy atom. The summed E-state index contributed by atoms with van der Waals surface area (Å²) in [5, 5.41) is 2.78. The van der Waals surface area contributed by atoms with Gasteiger partial charge >= 0.3 is 0 Å². The van der Waals surface area contributed by atoms with Gasteiger partial charge in [-0.1, -0.05) is 33.1 Å².